The van der Waals surface area contributed by atoms with Crippen molar-refractivity contribution < 1.29 is 0 Å². The van der Waals surface area contributed by atoms with Gasteiger partial charge in [-0.25, -0.2) is 0 Å². The van der Waals surface area contributed by atoms with Crippen LogP contribution < -0.4 is 4.90 Å². The molecule has 0 fully saturated rings. The summed E-state index contributed by atoms with van der Waals surface area (Å²) >= 11 is 0. The average Bonchev–Trinajstić information content (AvgIpc) is 3.76. The Morgan fingerprint density at radius 2 is 0.793 bits per heavy atom. The second kappa shape index (κ2) is 12.8. The van der Waals surface area contributed by atoms with Gasteiger partial charge in [0.05, 0.1) is 11.1 Å². The first-order valence-corrected chi connectivity index (χ1v) is 20.2. The zero-order valence-electron chi connectivity index (χ0n) is 31.8. The maximum atomic E-state index is 2.48. The van der Waals surface area contributed by atoms with Crippen LogP contribution in [0.3, 0.4) is 0 Å². The molecule has 2 aliphatic carbocycles. The molecule has 1 spiro atoms. The van der Waals surface area contributed by atoms with Crippen molar-refractivity contribution in [1.82, 2.24) is 0 Å². The van der Waals surface area contributed by atoms with Crippen LogP contribution in [0.4, 0.5) is 17.1 Å². The van der Waals surface area contributed by atoms with Crippen molar-refractivity contribution in [3.63, 3.8) is 0 Å². The molecule has 0 radical (unpaired) electrons. The smallest absolute Gasteiger partial charge is 0.0725 e. The molecule has 0 N–H and O–H groups in total. The summed E-state index contributed by atoms with van der Waals surface area (Å²) in [4.78, 5) is 2.48. The molecule has 1 nitrogen and oxygen atoms in total. The highest BCUT2D eigenvalue weighted by molar-refractivity contribution is 6.07. The lowest BCUT2D eigenvalue weighted by atomic mass is 9.70. The minimum absolute atomic E-state index is 0.390. The molecule has 270 valence electrons. The van der Waals surface area contributed by atoms with E-state index in [9.17, 15) is 0 Å². The van der Waals surface area contributed by atoms with E-state index >= 15 is 0 Å². The standard InChI is InChI=1S/C57H37N/c1-2-14-38(15-3-1)40-28-31-44(32-29-40)58(55-35-30-41-17-6-7-19-46(41)56(55)43-27-26-39-16-4-5-18-42(39)36-43)45-33-34-54-50(37-45)49-22-10-13-25-53(49)57(54)51-23-11-8-20-47(51)48-21-9-12-24-52(48)57/h1-37H. The van der Waals surface area contributed by atoms with Gasteiger partial charge >= 0.3 is 0 Å². The van der Waals surface area contributed by atoms with Crippen LogP contribution in [-0.4, -0.2) is 0 Å². The van der Waals surface area contributed by atoms with E-state index in [1.165, 1.54) is 88.3 Å². The molecule has 0 aliphatic heterocycles. The fourth-order valence-corrected chi connectivity index (χ4v) is 10.2. The topological polar surface area (TPSA) is 3.24 Å². The number of rotatable bonds is 5. The highest BCUT2D eigenvalue weighted by atomic mass is 15.1. The molecule has 10 aromatic rings. The van der Waals surface area contributed by atoms with E-state index in [1.807, 2.05) is 0 Å². The molecule has 10 aromatic carbocycles. The monoisotopic (exact) mass is 735 g/mol. The van der Waals surface area contributed by atoms with E-state index in [1.54, 1.807) is 0 Å². The predicted octanol–water partition coefficient (Wildman–Crippen LogP) is 15.1. The van der Waals surface area contributed by atoms with Crippen molar-refractivity contribution in [2.45, 2.75) is 5.41 Å². The Hall–Kier alpha value is -7.48. The fraction of sp³-hybridized carbons (Fsp3) is 0.0175. The van der Waals surface area contributed by atoms with Crippen molar-refractivity contribution in [2.75, 3.05) is 4.90 Å². The van der Waals surface area contributed by atoms with Gasteiger partial charge in [-0.1, -0.05) is 188 Å². The lowest BCUT2D eigenvalue weighted by Crippen LogP contribution is -2.25. The molecule has 0 amide bonds. The lowest BCUT2D eigenvalue weighted by molar-refractivity contribution is 0.794. The second-order valence-electron chi connectivity index (χ2n) is 15.6. The minimum atomic E-state index is -0.390. The van der Waals surface area contributed by atoms with Gasteiger partial charge in [0.15, 0.2) is 0 Å². The van der Waals surface area contributed by atoms with Gasteiger partial charge in [0.2, 0.25) is 0 Å². The number of fused-ring (bicyclic) bond motifs is 12. The van der Waals surface area contributed by atoms with Crippen molar-refractivity contribution >= 4 is 38.6 Å². The van der Waals surface area contributed by atoms with Crippen LogP contribution in [0, 0.1) is 0 Å². The van der Waals surface area contributed by atoms with E-state index in [0.29, 0.717) is 0 Å². The van der Waals surface area contributed by atoms with Crippen LogP contribution in [0.2, 0.25) is 0 Å². The SMILES string of the molecule is c1ccc(-c2ccc(N(c3ccc4c(c3)-c3ccccc3C43c4ccccc4-c4ccccc43)c3ccc4ccccc4c3-c3ccc4ccccc4c3)cc2)cc1. The van der Waals surface area contributed by atoms with Crippen LogP contribution in [0.25, 0.3) is 66.1 Å². The quantitative estimate of drug-likeness (QED) is 0.170. The maximum Gasteiger partial charge on any atom is 0.0725 e. The molecule has 0 bridgehead atoms. The Bertz CT molecular complexity index is 3180. The van der Waals surface area contributed by atoms with Gasteiger partial charge in [-0.3, -0.25) is 0 Å². The van der Waals surface area contributed by atoms with Gasteiger partial charge in [-0.15, -0.1) is 0 Å². The average molecular weight is 736 g/mol. The van der Waals surface area contributed by atoms with E-state index in [2.05, 4.69) is 229 Å². The minimum Gasteiger partial charge on any atom is -0.310 e. The molecule has 0 aromatic heterocycles. The summed E-state index contributed by atoms with van der Waals surface area (Å²) in [6.45, 7) is 0. The fourth-order valence-electron chi connectivity index (χ4n) is 10.2. The van der Waals surface area contributed by atoms with Crippen LogP contribution >= 0.6 is 0 Å². The Morgan fingerprint density at radius 1 is 0.293 bits per heavy atom. The summed E-state index contributed by atoms with van der Waals surface area (Å²) in [5.41, 5.74) is 18.4. The molecular formula is C57H37N. The predicted molar refractivity (Wildman–Crippen MR) is 243 cm³/mol. The summed E-state index contributed by atoms with van der Waals surface area (Å²) in [5, 5.41) is 4.92. The Morgan fingerprint density at radius 3 is 1.50 bits per heavy atom. The van der Waals surface area contributed by atoms with Crippen molar-refractivity contribution in [3.8, 4) is 44.5 Å². The summed E-state index contributed by atoms with van der Waals surface area (Å²) in [5.74, 6) is 0. The molecule has 0 heterocycles. The van der Waals surface area contributed by atoms with Crippen LogP contribution in [0.5, 0.6) is 0 Å². The maximum absolute atomic E-state index is 2.48. The number of hydrogen-bond donors (Lipinski definition) is 0. The van der Waals surface area contributed by atoms with Gasteiger partial charge in [0, 0.05) is 16.9 Å². The van der Waals surface area contributed by atoms with E-state index in [0.717, 1.165) is 17.1 Å². The van der Waals surface area contributed by atoms with Gasteiger partial charge in [0.25, 0.3) is 0 Å². The third-order valence-electron chi connectivity index (χ3n) is 12.7. The third kappa shape index (κ3) is 4.71. The molecule has 12 rings (SSSR count). The number of benzene rings is 10. The zero-order chi connectivity index (χ0) is 38.2. The second-order valence-corrected chi connectivity index (χ2v) is 15.6. The highest BCUT2D eigenvalue weighted by Gasteiger charge is 2.51. The Kier molecular flexibility index (Phi) is 7.21. The molecule has 2 aliphatic rings. The van der Waals surface area contributed by atoms with Crippen molar-refractivity contribution in [2.24, 2.45) is 0 Å². The first-order valence-electron chi connectivity index (χ1n) is 20.2. The molecule has 58 heavy (non-hydrogen) atoms. The van der Waals surface area contributed by atoms with Gasteiger partial charge in [-0.05, 0) is 119 Å². The van der Waals surface area contributed by atoms with E-state index in [-0.39, 0.29) is 5.41 Å². The highest BCUT2D eigenvalue weighted by Crippen LogP contribution is 2.63. The van der Waals surface area contributed by atoms with Crippen LogP contribution in [-0.2, 0) is 5.41 Å². The van der Waals surface area contributed by atoms with Crippen LogP contribution in [0.1, 0.15) is 22.3 Å². The zero-order valence-corrected chi connectivity index (χ0v) is 31.8. The molecule has 0 saturated carbocycles. The van der Waals surface area contributed by atoms with Crippen molar-refractivity contribution in [3.05, 3.63) is 247 Å². The Balaban J connectivity index is 1.13. The van der Waals surface area contributed by atoms with Gasteiger partial charge in [-0.2, -0.15) is 0 Å². The third-order valence-corrected chi connectivity index (χ3v) is 12.7. The number of anilines is 3. The molecule has 0 atom stereocenters. The Labute approximate surface area is 338 Å². The summed E-state index contributed by atoms with van der Waals surface area (Å²) in [6.07, 6.45) is 0. The first kappa shape index (κ1) is 32.7. The summed E-state index contributed by atoms with van der Waals surface area (Å²) in [6, 6.07) is 83.1. The molecule has 1 heteroatoms. The summed E-state index contributed by atoms with van der Waals surface area (Å²) < 4.78 is 0. The van der Waals surface area contributed by atoms with E-state index < -0.39 is 0 Å². The number of hydrogen-bond acceptors (Lipinski definition) is 1. The lowest BCUT2D eigenvalue weighted by Gasteiger charge is -2.32. The van der Waals surface area contributed by atoms with Crippen LogP contribution in [0.15, 0.2) is 224 Å². The summed E-state index contributed by atoms with van der Waals surface area (Å²) in [7, 11) is 0. The molecular weight excluding hydrogens is 699 g/mol. The van der Waals surface area contributed by atoms with Gasteiger partial charge < -0.3 is 4.90 Å². The largest absolute Gasteiger partial charge is 0.310 e. The molecule has 0 unspecified atom stereocenters. The molecule has 0 saturated heterocycles. The van der Waals surface area contributed by atoms with E-state index in [4.69, 9.17) is 0 Å². The first-order chi connectivity index (χ1) is 28.8. The van der Waals surface area contributed by atoms with Crippen molar-refractivity contribution in [1.29, 1.82) is 0 Å². The normalized spacial score (nSPS) is 13.0. The number of nitrogens with zero attached hydrogens (tertiary/aromatic N) is 1. The van der Waals surface area contributed by atoms with Gasteiger partial charge in [0.1, 0.15) is 0 Å².